The van der Waals surface area contributed by atoms with E-state index in [1.165, 1.54) is 0 Å². The topological polar surface area (TPSA) is 29.4 Å². The molecule has 0 unspecified atom stereocenters. The standard InChI is InChI=1S/C18H18INO/c1-18(2,3)16(13-9-5-4-6-10-13)20-17(21)14-11-7-8-12-15(14)19/h4-12H,1-3H3. The molecule has 2 rings (SSSR count). The van der Waals surface area contributed by atoms with Crippen LogP contribution in [0.3, 0.4) is 0 Å². The highest BCUT2D eigenvalue weighted by atomic mass is 127. The number of benzene rings is 2. The van der Waals surface area contributed by atoms with Gasteiger partial charge in [0.15, 0.2) is 0 Å². The van der Waals surface area contributed by atoms with Gasteiger partial charge in [-0.2, -0.15) is 0 Å². The molecule has 0 N–H and O–H groups in total. The van der Waals surface area contributed by atoms with Crippen molar-refractivity contribution in [1.82, 2.24) is 0 Å². The summed E-state index contributed by atoms with van der Waals surface area (Å²) in [6.07, 6.45) is 0. The van der Waals surface area contributed by atoms with E-state index >= 15 is 0 Å². The van der Waals surface area contributed by atoms with E-state index in [-0.39, 0.29) is 11.3 Å². The van der Waals surface area contributed by atoms with Crippen LogP contribution >= 0.6 is 22.6 Å². The van der Waals surface area contributed by atoms with E-state index < -0.39 is 0 Å². The Morgan fingerprint density at radius 3 is 2.10 bits per heavy atom. The fraction of sp³-hybridized carbons (Fsp3) is 0.222. The number of carbonyl (C=O) groups excluding carboxylic acids is 1. The van der Waals surface area contributed by atoms with E-state index in [9.17, 15) is 4.79 Å². The molecule has 108 valence electrons. The predicted molar refractivity (Wildman–Crippen MR) is 95.9 cm³/mol. The monoisotopic (exact) mass is 391 g/mol. The van der Waals surface area contributed by atoms with Crippen molar-refractivity contribution in [3.63, 3.8) is 0 Å². The summed E-state index contributed by atoms with van der Waals surface area (Å²) < 4.78 is 0.921. The van der Waals surface area contributed by atoms with E-state index in [4.69, 9.17) is 0 Å². The third kappa shape index (κ3) is 4.00. The normalized spacial score (nSPS) is 12.3. The lowest BCUT2D eigenvalue weighted by Crippen LogP contribution is -2.23. The molecule has 2 nitrogen and oxygen atoms in total. The van der Waals surface area contributed by atoms with Gasteiger partial charge in [0.05, 0.1) is 11.3 Å². The summed E-state index contributed by atoms with van der Waals surface area (Å²) in [5.41, 5.74) is 2.25. The molecule has 0 fully saturated rings. The SMILES string of the molecule is CC(C)(C)C(=NC(=O)c1ccccc1I)c1ccccc1. The Morgan fingerprint density at radius 2 is 1.52 bits per heavy atom. The maximum absolute atomic E-state index is 12.5. The number of carbonyl (C=O) groups is 1. The van der Waals surface area contributed by atoms with Gasteiger partial charge in [0, 0.05) is 8.99 Å². The number of aliphatic imine (C=N–C) groups is 1. The number of amides is 1. The van der Waals surface area contributed by atoms with E-state index in [1.54, 1.807) is 0 Å². The minimum atomic E-state index is -0.197. The van der Waals surface area contributed by atoms with Gasteiger partial charge in [-0.25, -0.2) is 4.99 Å². The summed E-state index contributed by atoms with van der Waals surface area (Å²) in [7, 11) is 0. The van der Waals surface area contributed by atoms with Crippen LogP contribution in [-0.4, -0.2) is 11.6 Å². The van der Waals surface area contributed by atoms with Gasteiger partial charge in [-0.1, -0.05) is 63.2 Å². The van der Waals surface area contributed by atoms with Gasteiger partial charge in [0.25, 0.3) is 5.91 Å². The first kappa shape index (κ1) is 15.9. The fourth-order valence-electron chi connectivity index (χ4n) is 2.06. The van der Waals surface area contributed by atoms with Crippen molar-refractivity contribution in [3.05, 3.63) is 69.3 Å². The second-order valence-corrected chi connectivity index (χ2v) is 7.02. The van der Waals surface area contributed by atoms with Crippen LogP contribution in [0.1, 0.15) is 36.7 Å². The van der Waals surface area contributed by atoms with Gasteiger partial charge in [0.2, 0.25) is 0 Å². The minimum absolute atomic E-state index is 0.186. The molecule has 1 amide bonds. The molecule has 3 heteroatoms. The molecule has 0 aromatic heterocycles. The van der Waals surface area contributed by atoms with Gasteiger partial charge in [-0.05, 0) is 40.3 Å². The molecule has 0 aliphatic carbocycles. The summed E-state index contributed by atoms with van der Waals surface area (Å²) in [4.78, 5) is 16.9. The number of nitrogens with zero attached hydrogens (tertiary/aromatic N) is 1. The van der Waals surface area contributed by atoms with Crippen LogP contribution in [0.25, 0.3) is 0 Å². The molecule has 0 atom stereocenters. The van der Waals surface area contributed by atoms with E-state index in [0.29, 0.717) is 5.56 Å². The highest BCUT2D eigenvalue weighted by molar-refractivity contribution is 14.1. The highest BCUT2D eigenvalue weighted by Gasteiger charge is 2.22. The van der Waals surface area contributed by atoms with Crippen LogP contribution in [-0.2, 0) is 0 Å². The van der Waals surface area contributed by atoms with Crippen molar-refractivity contribution < 1.29 is 4.79 Å². The molecule has 0 heterocycles. The van der Waals surface area contributed by atoms with Crippen molar-refractivity contribution in [2.75, 3.05) is 0 Å². The molecular weight excluding hydrogens is 373 g/mol. The molecule has 2 aromatic rings. The van der Waals surface area contributed by atoms with Crippen LogP contribution in [0.5, 0.6) is 0 Å². The zero-order valence-corrected chi connectivity index (χ0v) is 14.6. The van der Waals surface area contributed by atoms with Crippen molar-refractivity contribution in [1.29, 1.82) is 0 Å². The van der Waals surface area contributed by atoms with Crippen molar-refractivity contribution in [3.8, 4) is 0 Å². The molecule has 0 aliphatic rings. The fourth-order valence-corrected chi connectivity index (χ4v) is 2.68. The zero-order chi connectivity index (χ0) is 15.5. The quantitative estimate of drug-likeness (QED) is 0.525. The predicted octanol–water partition coefficient (Wildman–Crippen LogP) is 4.97. The average Bonchev–Trinajstić information content (AvgIpc) is 2.44. The minimum Gasteiger partial charge on any atom is -0.267 e. The number of hydrogen-bond acceptors (Lipinski definition) is 1. The van der Waals surface area contributed by atoms with E-state index in [2.05, 4.69) is 48.4 Å². The van der Waals surface area contributed by atoms with Crippen LogP contribution in [0.15, 0.2) is 59.6 Å². The maximum atomic E-state index is 12.5. The Hall–Kier alpha value is -1.49. The third-order valence-corrected chi connectivity index (χ3v) is 4.02. The molecule has 0 saturated heterocycles. The smallest absolute Gasteiger partial charge is 0.267 e. The highest BCUT2D eigenvalue weighted by Crippen LogP contribution is 2.23. The largest absolute Gasteiger partial charge is 0.278 e. The first-order chi connectivity index (χ1) is 9.89. The molecule has 0 bridgehead atoms. The lowest BCUT2D eigenvalue weighted by molar-refractivity contribution is 0.100. The lowest BCUT2D eigenvalue weighted by atomic mass is 9.85. The summed E-state index contributed by atoms with van der Waals surface area (Å²) in [6.45, 7) is 6.21. The molecule has 0 saturated carbocycles. The summed E-state index contributed by atoms with van der Waals surface area (Å²) in [6, 6.07) is 17.4. The van der Waals surface area contributed by atoms with Crippen molar-refractivity contribution in [2.45, 2.75) is 20.8 Å². The Kier molecular flexibility index (Phi) is 4.93. The molecule has 2 aromatic carbocycles. The number of halogens is 1. The van der Waals surface area contributed by atoms with Gasteiger partial charge in [-0.15, -0.1) is 0 Å². The van der Waals surface area contributed by atoms with Crippen molar-refractivity contribution in [2.24, 2.45) is 10.4 Å². The summed E-state index contributed by atoms with van der Waals surface area (Å²) in [5, 5.41) is 0. The van der Waals surface area contributed by atoms with Crippen LogP contribution < -0.4 is 0 Å². The number of rotatable bonds is 2. The summed E-state index contributed by atoms with van der Waals surface area (Å²) in [5.74, 6) is -0.186. The van der Waals surface area contributed by atoms with Crippen molar-refractivity contribution >= 4 is 34.2 Å². The van der Waals surface area contributed by atoms with Gasteiger partial charge < -0.3 is 0 Å². The maximum Gasteiger partial charge on any atom is 0.278 e. The molecule has 0 aliphatic heterocycles. The second kappa shape index (κ2) is 6.52. The molecule has 0 spiro atoms. The Morgan fingerprint density at radius 1 is 0.952 bits per heavy atom. The average molecular weight is 391 g/mol. The van der Waals surface area contributed by atoms with E-state index in [1.807, 2.05) is 54.6 Å². The van der Waals surface area contributed by atoms with E-state index in [0.717, 1.165) is 14.8 Å². The first-order valence-corrected chi connectivity index (χ1v) is 7.91. The number of hydrogen-bond donors (Lipinski definition) is 0. The molecule has 21 heavy (non-hydrogen) atoms. The van der Waals surface area contributed by atoms with Crippen LogP contribution in [0.2, 0.25) is 0 Å². The zero-order valence-electron chi connectivity index (χ0n) is 12.4. The molecular formula is C18H18INO. The van der Waals surface area contributed by atoms with Gasteiger partial charge >= 0.3 is 0 Å². The van der Waals surface area contributed by atoms with Gasteiger partial charge in [-0.3, -0.25) is 4.79 Å². The second-order valence-electron chi connectivity index (χ2n) is 5.86. The van der Waals surface area contributed by atoms with Crippen LogP contribution in [0.4, 0.5) is 0 Å². The summed E-state index contributed by atoms with van der Waals surface area (Å²) >= 11 is 2.17. The Labute approximate surface area is 139 Å². The van der Waals surface area contributed by atoms with Crippen LogP contribution in [0, 0.1) is 8.99 Å². The first-order valence-electron chi connectivity index (χ1n) is 6.83. The third-order valence-electron chi connectivity index (χ3n) is 3.08. The molecule has 0 radical (unpaired) electrons. The Balaban J connectivity index is 2.48. The van der Waals surface area contributed by atoms with Gasteiger partial charge in [0.1, 0.15) is 0 Å². The lowest BCUT2D eigenvalue weighted by Gasteiger charge is -2.21. The Bertz CT molecular complexity index is 669.